The first-order valence-corrected chi connectivity index (χ1v) is 21.3. The van der Waals surface area contributed by atoms with Crippen molar-refractivity contribution in [2.24, 2.45) is 0 Å². The second-order valence-electron chi connectivity index (χ2n) is 7.69. The smallest absolute Gasteiger partial charge is 0.261 e. The molecule has 0 aliphatic heterocycles. The Morgan fingerprint density at radius 3 is 0.667 bits per heavy atom. The van der Waals surface area contributed by atoms with Crippen molar-refractivity contribution < 1.29 is 38.9 Å². The second kappa shape index (κ2) is 38.3. The molecule has 0 fully saturated rings. The predicted octanol–water partition coefficient (Wildman–Crippen LogP) is 9.76. The molecule has 0 saturated carbocycles. The Morgan fingerprint density at radius 1 is 0.354 bits per heavy atom. The van der Waals surface area contributed by atoms with E-state index in [2.05, 4.69) is 109 Å². The van der Waals surface area contributed by atoms with E-state index in [1.54, 1.807) is 0 Å². The van der Waals surface area contributed by atoms with Crippen LogP contribution in [0.5, 0.6) is 0 Å². The minimum Gasteiger partial charge on any atom is -0.286 e. The van der Waals surface area contributed by atoms with E-state index in [1.165, 1.54) is 21.9 Å². The van der Waals surface area contributed by atoms with E-state index in [0.29, 0.717) is 18.8 Å². The molecule has 4 aromatic carbocycles. The van der Waals surface area contributed by atoms with Crippen molar-refractivity contribution in [2.45, 2.75) is 75.7 Å². The molecule has 4 aromatic rings. The summed E-state index contributed by atoms with van der Waals surface area (Å²) >= 11 is 0. The Morgan fingerprint density at radius 2 is 0.500 bits per heavy atom. The van der Waals surface area contributed by atoms with Crippen LogP contribution in [0.1, 0.15) is 80.4 Å². The van der Waals surface area contributed by atoms with Crippen LogP contribution in [-0.4, -0.2) is 57.7 Å². The van der Waals surface area contributed by atoms with Gasteiger partial charge in [0.1, 0.15) is 0 Å². The fraction of sp³-hybridized carbons (Fsp3) is 0.389. The minimum atomic E-state index is -3.67. The summed E-state index contributed by atoms with van der Waals surface area (Å²) in [6, 6.07) is 37.8. The van der Waals surface area contributed by atoms with Crippen LogP contribution in [0.2, 0.25) is 0 Å². The highest BCUT2D eigenvalue weighted by Gasteiger charge is 1.92. The lowest BCUT2D eigenvalue weighted by Crippen LogP contribution is -1.88. The lowest BCUT2D eigenvalue weighted by Gasteiger charge is -2.00. The first kappa shape index (κ1) is 57.2. The van der Waals surface area contributed by atoms with Gasteiger partial charge in [-0.3, -0.25) is 13.7 Å². The molecule has 0 bridgehead atoms. The van der Waals surface area contributed by atoms with E-state index < -0.39 is 30.4 Å². The highest BCUT2D eigenvalue weighted by Crippen LogP contribution is 2.11. The van der Waals surface area contributed by atoms with Crippen molar-refractivity contribution in [3.8, 4) is 0 Å². The van der Waals surface area contributed by atoms with E-state index in [9.17, 15) is 25.3 Å². The maximum Gasteiger partial charge on any atom is 0.261 e. The summed E-state index contributed by atoms with van der Waals surface area (Å²) in [6.45, 7) is 20.0. The summed E-state index contributed by atoms with van der Waals surface area (Å²) < 4.78 is 77.6. The summed E-state index contributed by atoms with van der Waals surface area (Å²) in [5.41, 5.74) is 2.74. The summed E-state index contributed by atoms with van der Waals surface area (Å²) in [5, 5.41) is 2.62. The van der Waals surface area contributed by atoms with Crippen molar-refractivity contribution in [3.63, 3.8) is 0 Å². The number of hydrogen-bond acceptors (Lipinski definition) is 6. The number of benzene rings is 4. The van der Waals surface area contributed by atoms with E-state index in [4.69, 9.17) is 13.7 Å². The highest BCUT2D eigenvalue weighted by molar-refractivity contribution is 7.85. The van der Waals surface area contributed by atoms with Crippen LogP contribution < -0.4 is 0 Å². The van der Waals surface area contributed by atoms with Crippen molar-refractivity contribution >= 4 is 41.1 Å². The Labute approximate surface area is 293 Å². The predicted molar refractivity (Wildman–Crippen MR) is 209 cm³/mol. The van der Waals surface area contributed by atoms with Gasteiger partial charge in [0.05, 0.1) is 18.8 Å². The molecule has 12 heteroatoms. The third kappa shape index (κ3) is 61.8. The standard InChI is InChI=1S/C13H12.C10H8.5C2H6.3CH4O3S/c1-3-7-12(8-4-1)11-13-9-5-2-6-10-13;1-2-6-10-8-4-3-7-9(10)5-1;5*1-2;3*1-5(2,3)4/h1-10H,11H2;1-8H;5*1-2H3;3*1H3,(H,2,3,4). The van der Waals surface area contributed by atoms with Gasteiger partial charge in [-0.05, 0) is 28.3 Å². The van der Waals surface area contributed by atoms with Crippen molar-refractivity contribution in [2.75, 3.05) is 18.8 Å². The zero-order chi connectivity index (χ0) is 39.2. The van der Waals surface area contributed by atoms with Gasteiger partial charge in [0.15, 0.2) is 0 Å². The van der Waals surface area contributed by atoms with E-state index in [1.807, 2.05) is 69.2 Å². The number of hydrogen-bond donors (Lipinski definition) is 3. The maximum atomic E-state index is 9.19. The molecule has 278 valence electrons. The molecule has 48 heavy (non-hydrogen) atoms. The van der Waals surface area contributed by atoms with E-state index in [-0.39, 0.29) is 0 Å². The molecule has 0 aliphatic rings. The molecule has 0 saturated heterocycles. The summed E-state index contributed by atoms with van der Waals surface area (Å²) in [4.78, 5) is 0. The molecule has 0 atom stereocenters. The van der Waals surface area contributed by atoms with Crippen LogP contribution in [0, 0.1) is 0 Å². The number of fused-ring (bicyclic) bond motifs is 1. The van der Waals surface area contributed by atoms with Gasteiger partial charge in [0.2, 0.25) is 0 Å². The molecule has 0 aliphatic carbocycles. The number of rotatable bonds is 2. The Kier molecular flexibility index (Phi) is 45.6. The summed E-state index contributed by atoms with van der Waals surface area (Å²) in [6.07, 6.45) is 3.18. The molecule has 0 aromatic heterocycles. The molecule has 9 nitrogen and oxygen atoms in total. The quantitative estimate of drug-likeness (QED) is 0.170. The second-order valence-corrected chi connectivity index (χ2v) is 12.1. The topological polar surface area (TPSA) is 163 Å². The van der Waals surface area contributed by atoms with E-state index in [0.717, 1.165) is 6.42 Å². The van der Waals surface area contributed by atoms with Gasteiger partial charge < -0.3 is 0 Å². The molecule has 0 unspecified atom stereocenters. The van der Waals surface area contributed by atoms with Gasteiger partial charge in [0.25, 0.3) is 30.4 Å². The first-order valence-electron chi connectivity index (χ1n) is 15.7. The fourth-order valence-corrected chi connectivity index (χ4v) is 2.56. The third-order valence-electron chi connectivity index (χ3n) is 3.75. The van der Waals surface area contributed by atoms with Gasteiger partial charge in [0, 0.05) is 0 Å². The Hall–Kier alpha value is -3.13. The molecule has 4 rings (SSSR count). The fourth-order valence-electron chi connectivity index (χ4n) is 2.56. The molecular formula is C36H62O9S3. The van der Waals surface area contributed by atoms with Gasteiger partial charge in [-0.2, -0.15) is 25.3 Å². The average molecular weight is 735 g/mol. The molecule has 3 N–H and O–H groups in total. The Bertz CT molecular complexity index is 1330. The highest BCUT2D eigenvalue weighted by atomic mass is 32.2. The summed E-state index contributed by atoms with van der Waals surface area (Å²) in [7, 11) is -11.0. The van der Waals surface area contributed by atoms with Gasteiger partial charge in [-0.1, -0.05) is 178 Å². The minimum absolute atomic E-state index is 0.715. The largest absolute Gasteiger partial charge is 0.286 e. The van der Waals surface area contributed by atoms with Crippen molar-refractivity contribution in [1.29, 1.82) is 0 Å². The monoisotopic (exact) mass is 734 g/mol. The Balaban J connectivity index is -0.000000113. The van der Waals surface area contributed by atoms with Crippen molar-refractivity contribution in [3.05, 3.63) is 120 Å². The van der Waals surface area contributed by atoms with Crippen molar-refractivity contribution in [1.82, 2.24) is 0 Å². The lowest BCUT2D eigenvalue weighted by molar-refractivity contribution is 0.488. The normalized spacial score (nSPS) is 9.00. The molecular weight excluding hydrogens is 673 g/mol. The summed E-state index contributed by atoms with van der Waals surface area (Å²) in [5.74, 6) is 0. The van der Waals surface area contributed by atoms with Crippen LogP contribution in [0.4, 0.5) is 0 Å². The van der Waals surface area contributed by atoms with Gasteiger partial charge >= 0.3 is 0 Å². The van der Waals surface area contributed by atoms with Crippen LogP contribution in [0.25, 0.3) is 10.8 Å². The van der Waals surface area contributed by atoms with Crippen LogP contribution in [-0.2, 0) is 36.8 Å². The average Bonchev–Trinajstić information content (AvgIpc) is 3.05. The van der Waals surface area contributed by atoms with E-state index >= 15 is 0 Å². The van der Waals surface area contributed by atoms with Gasteiger partial charge in [-0.15, -0.1) is 0 Å². The zero-order valence-corrected chi connectivity index (χ0v) is 33.6. The zero-order valence-electron chi connectivity index (χ0n) is 31.1. The third-order valence-corrected chi connectivity index (χ3v) is 3.75. The van der Waals surface area contributed by atoms with Crippen LogP contribution in [0.15, 0.2) is 109 Å². The van der Waals surface area contributed by atoms with Gasteiger partial charge in [-0.25, -0.2) is 0 Å². The maximum absolute atomic E-state index is 9.19. The molecule has 0 spiro atoms. The first-order chi connectivity index (χ1) is 22.4. The molecule has 0 heterocycles. The van der Waals surface area contributed by atoms with Crippen LogP contribution >= 0.6 is 0 Å². The van der Waals surface area contributed by atoms with Crippen LogP contribution in [0.3, 0.4) is 0 Å². The lowest BCUT2D eigenvalue weighted by atomic mass is 10.1. The molecule has 0 radical (unpaired) electrons. The molecule has 0 amide bonds. The SMILES string of the molecule is CC.CC.CC.CC.CC.CS(=O)(=O)O.CS(=O)(=O)O.CS(=O)(=O)O.c1ccc(Cc2ccccc2)cc1.c1ccc2ccccc2c1.